The van der Waals surface area contributed by atoms with Gasteiger partial charge in [-0.1, -0.05) is 11.6 Å². The van der Waals surface area contributed by atoms with Gasteiger partial charge >= 0.3 is 0 Å². The van der Waals surface area contributed by atoms with Crippen LogP contribution >= 0.6 is 11.6 Å². The van der Waals surface area contributed by atoms with Crippen LogP contribution in [0, 0.1) is 5.82 Å². The van der Waals surface area contributed by atoms with Crippen molar-refractivity contribution in [1.82, 2.24) is 0 Å². The van der Waals surface area contributed by atoms with Crippen molar-refractivity contribution in [2.75, 3.05) is 15.9 Å². The lowest BCUT2D eigenvalue weighted by Crippen LogP contribution is -2.45. The minimum absolute atomic E-state index is 0.206. The van der Waals surface area contributed by atoms with E-state index in [0.29, 0.717) is 10.7 Å². The van der Waals surface area contributed by atoms with Gasteiger partial charge in [0.15, 0.2) is 0 Å². The van der Waals surface area contributed by atoms with Crippen LogP contribution in [0.25, 0.3) is 0 Å². The van der Waals surface area contributed by atoms with Crippen molar-refractivity contribution in [3.8, 4) is 0 Å². The van der Waals surface area contributed by atoms with E-state index in [1.807, 2.05) is 0 Å². The molecule has 1 N–H and O–H groups in total. The third-order valence-corrected chi connectivity index (χ3v) is 4.77. The Kier molecular flexibility index (Phi) is 5.46. The summed E-state index contributed by atoms with van der Waals surface area (Å²) in [7, 11) is -3.75. The molecule has 0 fully saturated rings. The number of halogens is 2. The van der Waals surface area contributed by atoms with E-state index in [2.05, 4.69) is 5.32 Å². The van der Waals surface area contributed by atoms with E-state index in [-0.39, 0.29) is 5.69 Å². The maximum Gasteiger partial charge on any atom is 0.247 e. The van der Waals surface area contributed by atoms with Crippen LogP contribution in [-0.4, -0.2) is 26.6 Å². The summed E-state index contributed by atoms with van der Waals surface area (Å²) in [6.45, 7) is 1.45. The molecule has 0 unspecified atom stereocenters. The highest BCUT2D eigenvalue weighted by Gasteiger charge is 2.29. The Bertz CT molecular complexity index is 823. The molecule has 24 heavy (non-hydrogen) atoms. The molecule has 0 saturated heterocycles. The Balaban J connectivity index is 2.27. The zero-order valence-electron chi connectivity index (χ0n) is 13.0. The third-order valence-electron chi connectivity index (χ3n) is 3.28. The fraction of sp³-hybridized carbons (Fsp3) is 0.188. The summed E-state index contributed by atoms with van der Waals surface area (Å²) < 4.78 is 38.2. The summed E-state index contributed by atoms with van der Waals surface area (Å²) in [5, 5.41) is 3.14. The fourth-order valence-corrected chi connectivity index (χ4v) is 3.48. The van der Waals surface area contributed by atoms with Gasteiger partial charge in [0.05, 0.1) is 11.9 Å². The number of hydrogen-bond acceptors (Lipinski definition) is 3. The van der Waals surface area contributed by atoms with Crippen molar-refractivity contribution < 1.29 is 17.6 Å². The lowest BCUT2D eigenvalue weighted by atomic mass is 10.2. The SMILES string of the molecule is C[C@@H](C(=O)Nc1ccc(Cl)cc1)N(c1ccc(F)cc1)S(C)(=O)=O. The molecule has 0 aromatic heterocycles. The Morgan fingerprint density at radius 1 is 1.12 bits per heavy atom. The number of nitrogens with zero attached hydrogens (tertiary/aromatic N) is 1. The minimum Gasteiger partial charge on any atom is -0.324 e. The average molecular weight is 371 g/mol. The molecule has 1 atom stereocenters. The van der Waals surface area contributed by atoms with E-state index < -0.39 is 27.8 Å². The molecule has 2 aromatic rings. The van der Waals surface area contributed by atoms with Crippen LogP contribution in [0.2, 0.25) is 5.02 Å². The van der Waals surface area contributed by atoms with Gasteiger partial charge in [0, 0.05) is 10.7 Å². The first-order valence-corrected chi connectivity index (χ1v) is 9.22. The fourth-order valence-electron chi connectivity index (χ4n) is 2.18. The van der Waals surface area contributed by atoms with Gasteiger partial charge in [0.25, 0.3) is 0 Å². The van der Waals surface area contributed by atoms with Gasteiger partial charge in [-0.05, 0) is 55.5 Å². The normalized spacial score (nSPS) is 12.5. The van der Waals surface area contributed by atoms with Crippen LogP contribution in [0.4, 0.5) is 15.8 Å². The van der Waals surface area contributed by atoms with Crippen LogP contribution in [0.1, 0.15) is 6.92 Å². The van der Waals surface area contributed by atoms with Gasteiger partial charge in [0.1, 0.15) is 11.9 Å². The average Bonchev–Trinajstić information content (AvgIpc) is 2.50. The molecular weight excluding hydrogens is 355 g/mol. The van der Waals surface area contributed by atoms with Gasteiger partial charge in [-0.3, -0.25) is 9.10 Å². The predicted molar refractivity (Wildman–Crippen MR) is 93.3 cm³/mol. The molecule has 0 bridgehead atoms. The molecule has 0 aliphatic heterocycles. The molecule has 5 nitrogen and oxygen atoms in total. The van der Waals surface area contributed by atoms with Gasteiger partial charge < -0.3 is 5.32 Å². The number of nitrogens with one attached hydrogen (secondary N) is 1. The van der Waals surface area contributed by atoms with E-state index in [4.69, 9.17) is 11.6 Å². The molecule has 0 heterocycles. The van der Waals surface area contributed by atoms with Gasteiger partial charge in [-0.2, -0.15) is 0 Å². The number of sulfonamides is 1. The second-order valence-electron chi connectivity index (χ2n) is 5.21. The number of carbonyl (C=O) groups is 1. The highest BCUT2D eigenvalue weighted by molar-refractivity contribution is 7.92. The van der Waals surface area contributed by atoms with Gasteiger partial charge in [0.2, 0.25) is 15.9 Å². The molecule has 2 aromatic carbocycles. The van der Waals surface area contributed by atoms with E-state index >= 15 is 0 Å². The van der Waals surface area contributed by atoms with E-state index in [9.17, 15) is 17.6 Å². The first-order valence-electron chi connectivity index (χ1n) is 7.00. The summed E-state index contributed by atoms with van der Waals surface area (Å²) in [6.07, 6.45) is 0.989. The smallest absolute Gasteiger partial charge is 0.247 e. The van der Waals surface area contributed by atoms with Crippen LogP contribution in [-0.2, 0) is 14.8 Å². The van der Waals surface area contributed by atoms with Crippen molar-refractivity contribution in [2.45, 2.75) is 13.0 Å². The molecule has 0 aliphatic carbocycles. The van der Waals surface area contributed by atoms with Crippen molar-refractivity contribution in [3.63, 3.8) is 0 Å². The van der Waals surface area contributed by atoms with Gasteiger partial charge in [-0.15, -0.1) is 0 Å². The quantitative estimate of drug-likeness (QED) is 0.878. The van der Waals surface area contributed by atoms with Gasteiger partial charge in [-0.25, -0.2) is 12.8 Å². The lowest BCUT2D eigenvalue weighted by molar-refractivity contribution is -0.116. The Labute approximate surface area is 145 Å². The first-order chi connectivity index (χ1) is 11.2. The highest BCUT2D eigenvalue weighted by atomic mass is 35.5. The van der Waals surface area contributed by atoms with Crippen molar-refractivity contribution >= 4 is 38.9 Å². The molecule has 1 amide bonds. The number of anilines is 2. The Morgan fingerprint density at radius 3 is 2.17 bits per heavy atom. The summed E-state index contributed by atoms with van der Waals surface area (Å²) in [5.74, 6) is -1.02. The molecule has 8 heteroatoms. The molecule has 0 radical (unpaired) electrons. The summed E-state index contributed by atoms with van der Waals surface area (Å²) >= 11 is 5.78. The van der Waals surface area contributed by atoms with E-state index in [1.165, 1.54) is 19.1 Å². The minimum atomic E-state index is -3.75. The molecule has 0 spiro atoms. The number of hydrogen-bond donors (Lipinski definition) is 1. The van der Waals surface area contributed by atoms with Crippen molar-refractivity contribution in [1.29, 1.82) is 0 Å². The van der Waals surface area contributed by atoms with Crippen molar-refractivity contribution in [2.24, 2.45) is 0 Å². The van der Waals surface area contributed by atoms with Crippen LogP contribution in [0.15, 0.2) is 48.5 Å². The van der Waals surface area contributed by atoms with Crippen LogP contribution < -0.4 is 9.62 Å². The maximum atomic E-state index is 13.1. The molecular formula is C16H16ClFN2O3S. The molecule has 0 saturated carbocycles. The topological polar surface area (TPSA) is 66.5 Å². The number of benzene rings is 2. The van der Waals surface area contributed by atoms with E-state index in [1.54, 1.807) is 24.3 Å². The third kappa shape index (κ3) is 4.46. The Hall–Kier alpha value is -2.12. The maximum absolute atomic E-state index is 13.1. The monoisotopic (exact) mass is 370 g/mol. The summed E-state index contributed by atoms with van der Waals surface area (Å²) in [5.41, 5.74) is 0.696. The number of rotatable bonds is 5. The Morgan fingerprint density at radius 2 is 1.67 bits per heavy atom. The van der Waals surface area contributed by atoms with Crippen LogP contribution in [0.5, 0.6) is 0 Å². The van der Waals surface area contributed by atoms with E-state index in [0.717, 1.165) is 22.7 Å². The standard InChI is InChI=1S/C16H16ClFN2O3S/c1-11(16(21)19-14-7-3-12(17)4-8-14)20(24(2,22)23)15-9-5-13(18)6-10-15/h3-11H,1-2H3,(H,19,21)/t11-/m0/s1. The first kappa shape index (κ1) is 18.2. The predicted octanol–water partition coefficient (Wildman–Crippen LogP) is 3.27. The zero-order valence-corrected chi connectivity index (χ0v) is 14.6. The van der Waals surface area contributed by atoms with Crippen LogP contribution in [0.3, 0.4) is 0 Å². The second kappa shape index (κ2) is 7.19. The summed E-state index contributed by atoms with van der Waals surface area (Å²) in [6, 6.07) is 10.3. The molecule has 2 rings (SSSR count). The molecule has 128 valence electrons. The highest BCUT2D eigenvalue weighted by Crippen LogP contribution is 2.22. The molecule has 0 aliphatic rings. The lowest BCUT2D eigenvalue weighted by Gasteiger charge is -2.28. The number of amides is 1. The number of carbonyl (C=O) groups excluding carboxylic acids is 1. The summed E-state index contributed by atoms with van der Waals surface area (Å²) in [4.78, 5) is 12.4. The zero-order chi connectivity index (χ0) is 17.9. The van der Waals surface area contributed by atoms with Crippen molar-refractivity contribution in [3.05, 3.63) is 59.4 Å². The second-order valence-corrected chi connectivity index (χ2v) is 7.50. The largest absolute Gasteiger partial charge is 0.324 e.